The molecule has 0 aliphatic heterocycles. The maximum Gasteiger partial charge on any atom is 0.172 e. The van der Waals surface area contributed by atoms with Gasteiger partial charge in [-0.2, -0.15) is 0 Å². The number of hydrogen-bond donors (Lipinski definition) is 1. The van der Waals surface area contributed by atoms with Crippen molar-refractivity contribution >= 4 is 5.82 Å². The molecule has 2 aromatic rings. The zero-order valence-electron chi connectivity index (χ0n) is 8.32. The van der Waals surface area contributed by atoms with Crippen LogP contribution < -0.4 is 5.32 Å². The van der Waals surface area contributed by atoms with Gasteiger partial charge in [-0.15, -0.1) is 0 Å². The molecule has 0 amide bonds. The van der Waals surface area contributed by atoms with E-state index in [1.807, 2.05) is 24.7 Å². The Balaban J connectivity index is 1.98. The minimum atomic E-state index is 0.772. The van der Waals surface area contributed by atoms with Gasteiger partial charge in [0.05, 0.1) is 0 Å². The quantitative estimate of drug-likeness (QED) is 0.806. The second kappa shape index (κ2) is 3.57. The van der Waals surface area contributed by atoms with Crippen LogP contribution in [-0.2, 0) is 13.6 Å². The molecule has 2 aromatic heterocycles. The molecule has 0 bridgehead atoms. The van der Waals surface area contributed by atoms with Gasteiger partial charge in [-0.1, -0.05) is 5.16 Å². The first-order valence-electron chi connectivity index (χ1n) is 4.51. The molecule has 0 aliphatic rings. The zero-order chi connectivity index (χ0) is 9.97. The number of nitrogens with zero attached hydrogens (tertiary/aromatic N) is 2. The van der Waals surface area contributed by atoms with E-state index in [9.17, 15) is 0 Å². The lowest BCUT2D eigenvalue weighted by Gasteiger charge is -2.00. The van der Waals surface area contributed by atoms with E-state index >= 15 is 0 Å². The molecule has 1 N–H and O–H groups in total. The van der Waals surface area contributed by atoms with Crippen LogP contribution in [0.5, 0.6) is 0 Å². The van der Waals surface area contributed by atoms with Crippen molar-refractivity contribution < 1.29 is 4.52 Å². The summed E-state index contributed by atoms with van der Waals surface area (Å²) >= 11 is 0. The summed E-state index contributed by atoms with van der Waals surface area (Å²) in [6.45, 7) is 2.73. The van der Waals surface area contributed by atoms with Crippen molar-refractivity contribution in [1.29, 1.82) is 0 Å². The molecule has 0 aliphatic carbocycles. The van der Waals surface area contributed by atoms with Crippen molar-refractivity contribution in [2.75, 3.05) is 5.32 Å². The van der Waals surface area contributed by atoms with E-state index in [2.05, 4.69) is 22.7 Å². The summed E-state index contributed by atoms with van der Waals surface area (Å²) in [5.41, 5.74) is 2.26. The van der Waals surface area contributed by atoms with E-state index in [0.29, 0.717) is 0 Å². The molecule has 0 fully saturated rings. The molecule has 4 heteroatoms. The maximum atomic E-state index is 4.82. The Morgan fingerprint density at radius 3 is 3.00 bits per heavy atom. The highest BCUT2D eigenvalue weighted by Crippen LogP contribution is 2.12. The first kappa shape index (κ1) is 8.87. The third-order valence-electron chi connectivity index (χ3n) is 2.10. The smallest absolute Gasteiger partial charge is 0.172 e. The van der Waals surface area contributed by atoms with E-state index < -0.39 is 0 Å². The normalized spacial score (nSPS) is 10.4. The number of nitrogens with one attached hydrogen (secondary N) is 1. The van der Waals surface area contributed by atoms with Crippen molar-refractivity contribution in [2.24, 2.45) is 7.05 Å². The monoisotopic (exact) mass is 191 g/mol. The second-order valence-electron chi connectivity index (χ2n) is 3.38. The SMILES string of the molecule is Cc1conc1NCc1ccn(C)c1. The third kappa shape index (κ3) is 1.79. The molecule has 2 heterocycles. The van der Waals surface area contributed by atoms with Gasteiger partial charge in [0.1, 0.15) is 6.26 Å². The average molecular weight is 191 g/mol. The van der Waals surface area contributed by atoms with Gasteiger partial charge in [0, 0.05) is 31.5 Å². The molecule has 0 saturated heterocycles. The highest BCUT2D eigenvalue weighted by molar-refractivity contribution is 5.40. The van der Waals surface area contributed by atoms with E-state index in [4.69, 9.17) is 4.52 Å². The van der Waals surface area contributed by atoms with Crippen LogP contribution in [0, 0.1) is 6.92 Å². The van der Waals surface area contributed by atoms with Crippen LogP contribution in [0.15, 0.2) is 29.2 Å². The average Bonchev–Trinajstić information content (AvgIpc) is 2.72. The second-order valence-corrected chi connectivity index (χ2v) is 3.38. The van der Waals surface area contributed by atoms with Crippen LogP contribution in [0.25, 0.3) is 0 Å². The minimum absolute atomic E-state index is 0.772. The molecule has 4 nitrogen and oxygen atoms in total. The zero-order valence-corrected chi connectivity index (χ0v) is 8.32. The van der Waals surface area contributed by atoms with Gasteiger partial charge in [0.15, 0.2) is 5.82 Å². The minimum Gasteiger partial charge on any atom is -0.363 e. The maximum absolute atomic E-state index is 4.82. The summed E-state index contributed by atoms with van der Waals surface area (Å²) in [5, 5.41) is 7.05. The summed E-state index contributed by atoms with van der Waals surface area (Å²) in [5.74, 6) is 0.814. The van der Waals surface area contributed by atoms with Crippen LogP contribution in [0.2, 0.25) is 0 Å². The number of aryl methyl sites for hydroxylation is 2. The molecule has 0 spiro atoms. The molecule has 0 aromatic carbocycles. The highest BCUT2D eigenvalue weighted by atomic mass is 16.5. The molecular weight excluding hydrogens is 178 g/mol. The van der Waals surface area contributed by atoms with Gasteiger partial charge in [-0.05, 0) is 18.6 Å². The Kier molecular flexibility index (Phi) is 2.26. The van der Waals surface area contributed by atoms with Gasteiger partial charge in [-0.25, -0.2) is 0 Å². The predicted octanol–water partition coefficient (Wildman–Crippen LogP) is 1.93. The van der Waals surface area contributed by atoms with Crippen molar-refractivity contribution in [2.45, 2.75) is 13.5 Å². The standard InChI is InChI=1S/C10H13N3O/c1-8-7-14-12-10(8)11-5-9-3-4-13(2)6-9/h3-4,6-7H,5H2,1-2H3,(H,11,12). The van der Waals surface area contributed by atoms with Crippen LogP contribution in [0.4, 0.5) is 5.82 Å². The number of aromatic nitrogens is 2. The lowest BCUT2D eigenvalue weighted by Crippen LogP contribution is -1.99. The van der Waals surface area contributed by atoms with E-state index in [1.165, 1.54) is 5.56 Å². The number of anilines is 1. The van der Waals surface area contributed by atoms with Crippen molar-refractivity contribution in [3.05, 3.63) is 35.9 Å². The van der Waals surface area contributed by atoms with Gasteiger partial charge in [0.25, 0.3) is 0 Å². The summed E-state index contributed by atoms with van der Waals surface area (Å²) in [4.78, 5) is 0. The van der Waals surface area contributed by atoms with Gasteiger partial charge >= 0.3 is 0 Å². The highest BCUT2D eigenvalue weighted by Gasteiger charge is 2.02. The topological polar surface area (TPSA) is 43.0 Å². The predicted molar refractivity (Wildman–Crippen MR) is 54.0 cm³/mol. The largest absolute Gasteiger partial charge is 0.363 e. The van der Waals surface area contributed by atoms with Crippen LogP contribution in [-0.4, -0.2) is 9.72 Å². The molecule has 2 rings (SSSR count). The van der Waals surface area contributed by atoms with Crippen molar-refractivity contribution in [3.8, 4) is 0 Å². The molecule has 14 heavy (non-hydrogen) atoms. The van der Waals surface area contributed by atoms with E-state index in [1.54, 1.807) is 6.26 Å². The fourth-order valence-corrected chi connectivity index (χ4v) is 1.31. The van der Waals surface area contributed by atoms with Crippen LogP contribution in [0.1, 0.15) is 11.1 Å². The summed E-state index contributed by atoms with van der Waals surface area (Å²) < 4.78 is 6.84. The van der Waals surface area contributed by atoms with E-state index in [-0.39, 0.29) is 0 Å². The third-order valence-corrected chi connectivity index (χ3v) is 2.10. The molecule has 0 atom stereocenters. The molecule has 0 unspecified atom stereocenters. The van der Waals surface area contributed by atoms with Gasteiger partial charge in [-0.3, -0.25) is 0 Å². The van der Waals surface area contributed by atoms with Gasteiger partial charge < -0.3 is 14.4 Å². The van der Waals surface area contributed by atoms with Gasteiger partial charge in [0.2, 0.25) is 0 Å². The fraction of sp³-hybridized carbons (Fsp3) is 0.300. The Hall–Kier alpha value is -1.71. The molecule has 0 saturated carbocycles. The summed E-state index contributed by atoms with van der Waals surface area (Å²) in [7, 11) is 2.00. The van der Waals surface area contributed by atoms with Crippen LogP contribution >= 0.6 is 0 Å². The molecule has 0 radical (unpaired) electrons. The Labute approximate surface area is 82.5 Å². The number of hydrogen-bond acceptors (Lipinski definition) is 3. The Bertz CT molecular complexity index is 416. The molecular formula is C10H13N3O. The first-order chi connectivity index (χ1) is 6.75. The van der Waals surface area contributed by atoms with Crippen molar-refractivity contribution in [1.82, 2.24) is 9.72 Å². The van der Waals surface area contributed by atoms with E-state index in [0.717, 1.165) is 17.9 Å². The lowest BCUT2D eigenvalue weighted by atomic mass is 10.3. The van der Waals surface area contributed by atoms with Crippen LogP contribution in [0.3, 0.4) is 0 Å². The van der Waals surface area contributed by atoms with Crippen molar-refractivity contribution in [3.63, 3.8) is 0 Å². The first-order valence-corrected chi connectivity index (χ1v) is 4.51. The lowest BCUT2D eigenvalue weighted by molar-refractivity contribution is 0.421. The fourth-order valence-electron chi connectivity index (χ4n) is 1.31. The Morgan fingerprint density at radius 2 is 2.43 bits per heavy atom. The summed E-state index contributed by atoms with van der Waals surface area (Å²) in [6.07, 6.45) is 5.72. The number of rotatable bonds is 3. The Morgan fingerprint density at radius 1 is 1.57 bits per heavy atom. The summed E-state index contributed by atoms with van der Waals surface area (Å²) in [6, 6.07) is 2.07. The molecule has 74 valence electrons.